The third-order valence-electron chi connectivity index (χ3n) is 9.51. The molecular formula is C39H37N9O15S4. The minimum Gasteiger partial charge on any atom is -0.493 e. The van der Waals surface area contributed by atoms with Gasteiger partial charge in [0.05, 0.1) is 52.0 Å². The zero-order valence-electron chi connectivity index (χ0n) is 35.1. The maximum absolute atomic E-state index is 12.0. The van der Waals surface area contributed by atoms with Gasteiger partial charge < -0.3 is 14.6 Å². The van der Waals surface area contributed by atoms with Gasteiger partial charge in [-0.1, -0.05) is 12.1 Å². The topological polar surface area (TPSA) is 371 Å². The van der Waals surface area contributed by atoms with Crippen molar-refractivity contribution in [1.29, 1.82) is 5.26 Å². The normalized spacial score (nSPS) is 12.8. The smallest absolute Gasteiger partial charge is 0.296 e. The summed E-state index contributed by atoms with van der Waals surface area (Å²) in [6.45, 7) is 4.14. The number of aryl methyl sites for hydroxylation is 2. The number of azo groups is 3. The number of fused-ring (bicyclic) bond motifs is 3. The molecule has 24 nitrogen and oxygen atoms in total. The minimum atomic E-state index is -4.97. The molecule has 2 heterocycles. The molecule has 0 amide bonds. The van der Waals surface area contributed by atoms with Crippen molar-refractivity contribution in [2.24, 2.45) is 30.7 Å². The highest BCUT2D eigenvalue weighted by atomic mass is 32.2. The second kappa shape index (κ2) is 19.6. The number of ether oxygens (including phenoxy) is 2. The lowest BCUT2D eigenvalue weighted by atomic mass is 10.1. The third kappa shape index (κ3) is 12.1. The molecule has 67 heavy (non-hydrogen) atoms. The minimum absolute atomic E-state index is 0.00996. The molecule has 0 aliphatic rings. The highest BCUT2D eigenvalue weighted by Crippen LogP contribution is 2.42. The van der Waals surface area contributed by atoms with E-state index >= 15 is 0 Å². The van der Waals surface area contributed by atoms with Gasteiger partial charge in [0.2, 0.25) is 5.88 Å². The lowest BCUT2D eigenvalue weighted by molar-refractivity contribution is 0.317. The van der Waals surface area contributed by atoms with Crippen LogP contribution in [0.4, 0.5) is 34.1 Å². The maximum Gasteiger partial charge on any atom is 0.296 e. The van der Waals surface area contributed by atoms with Crippen molar-refractivity contribution in [2.45, 2.75) is 43.4 Å². The molecule has 0 atom stereocenters. The van der Waals surface area contributed by atoms with Gasteiger partial charge in [-0.05, 0) is 87.2 Å². The molecule has 0 fully saturated rings. The Kier molecular flexibility index (Phi) is 14.5. The van der Waals surface area contributed by atoms with E-state index in [0.717, 1.165) is 6.07 Å². The van der Waals surface area contributed by atoms with Gasteiger partial charge in [-0.3, -0.25) is 22.6 Å². The number of rotatable bonds is 18. The molecule has 0 radical (unpaired) electrons. The molecule has 0 saturated carbocycles. The van der Waals surface area contributed by atoms with E-state index in [1.807, 2.05) is 0 Å². The second-order valence-corrected chi connectivity index (χ2v) is 20.4. The van der Waals surface area contributed by atoms with Crippen molar-refractivity contribution >= 4 is 91.3 Å². The number of aromatic nitrogens is 2. The van der Waals surface area contributed by atoms with E-state index in [1.54, 1.807) is 38.1 Å². The van der Waals surface area contributed by atoms with Gasteiger partial charge in [0, 0.05) is 17.7 Å². The van der Waals surface area contributed by atoms with Gasteiger partial charge in [-0.15, -0.1) is 20.5 Å². The Balaban J connectivity index is 1.41. The Morgan fingerprint density at radius 2 is 1.15 bits per heavy atom. The lowest BCUT2D eigenvalue weighted by Gasteiger charge is -2.12. The molecular weight excluding hydrogens is 963 g/mol. The fraction of sp³-hybridized carbons (Fsp3) is 0.231. The van der Waals surface area contributed by atoms with Crippen molar-refractivity contribution in [2.75, 3.05) is 24.7 Å². The van der Waals surface area contributed by atoms with E-state index < -0.39 is 67.5 Å². The number of imidazole rings is 1. The summed E-state index contributed by atoms with van der Waals surface area (Å²) in [5.74, 6) is -1.78. The molecule has 28 heteroatoms. The van der Waals surface area contributed by atoms with Crippen LogP contribution in [0, 0.1) is 32.1 Å². The van der Waals surface area contributed by atoms with Crippen molar-refractivity contribution in [3.8, 4) is 23.4 Å². The first-order valence-electron chi connectivity index (χ1n) is 19.2. The maximum atomic E-state index is 12.0. The van der Waals surface area contributed by atoms with Crippen molar-refractivity contribution in [3.05, 3.63) is 89.0 Å². The summed E-state index contributed by atoms with van der Waals surface area (Å²) in [6, 6.07) is 16.6. The Hall–Kier alpha value is -6.84. The molecule has 5 N–H and O–H groups in total. The second-order valence-electron chi connectivity index (χ2n) is 14.4. The molecule has 0 spiro atoms. The van der Waals surface area contributed by atoms with Gasteiger partial charge in [0.1, 0.15) is 45.1 Å². The summed E-state index contributed by atoms with van der Waals surface area (Å²) < 4.78 is 144. The SMILES string of the molecule is Cc1cc(N=Nc2c(C)c(C#N)c3nc4ccccc4n3c2O)c(OCCCS(=O)(=O)O)cc1N=Nc1cc(C)c(N=Nc2cc(S(=O)(=O)O)ccc2S(=O)(=O)O)cc1OCCCS(=O)(=O)O. The van der Waals surface area contributed by atoms with Crippen LogP contribution in [0.15, 0.2) is 107 Å². The zero-order valence-corrected chi connectivity index (χ0v) is 38.3. The number of nitrogens with zero attached hydrogens (tertiary/aromatic N) is 9. The number of hydrogen-bond acceptors (Lipinski definition) is 19. The van der Waals surface area contributed by atoms with E-state index in [1.165, 1.54) is 35.6 Å². The van der Waals surface area contributed by atoms with Crippen LogP contribution in [0.3, 0.4) is 0 Å². The van der Waals surface area contributed by atoms with Gasteiger partial charge in [0.15, 0.2) is 11.3 Å². The monoisotopic (exact) mass is 999 g/mol. The number of para-hydroxylation sites is 2. The first kappa shape index (κ1) is 49.6. The van der Waals surface area contributed by atoms with Crippen LogP contribution in [0.5, 0.6) is 17.4 Å². The van der Waals surface area contributed by atoms with E-state index in [0.29, 0.717) is 28.7 Å². The van der Waals surface area contributed by atoms with E-state index in [9.17, 15) is 62.3 Å². The molecule has 2 aromatic heterocycles. The Bertz CT molecular complexity index is 3550. The van der Waals surface area contributed by atoms with Crippen molar-refractivity contribution < 1.29 is 66.5 Å². The first-order valence-corrected chi connectivity index (χ1v) is 25.3. The van der Waals surface area contributed by atoms with E-state index in [-0.39, 0.29) is 94.2 Å². The summed E-state index contributed by atoms with van der Waals surface area (Å²) in [5, 5.41) is 46.6. The Morgan fingerprint density at radius 1 is 0.642 bits per heavy atom. The summed E-state index contributed by atoms with van der Waals surface area (Å²) in [5.41, 5.74) is 1.74. The molecule has 0 aliphatic heterocycles. The third-order valence-corrected chi connectivity index (χ3v) is 12.9. The Morgan fingerprint density at radius 3 is 1.66 bits per heavy atom. The van der Waals surface area contributed by atoms with Crippen molar-refractivity contribution in [1.82, 2.24) is 9.38 Å². The van der Waals surface area contributed by atoms with Crippen LogP contribution in [0.2, 0.25) is 0 Å². The van der Waals surface area contributed by atoms with Crippen LogP contribution in [0.1, 0.15) is 35.1 Å². The van der Waals surface area contributed by atoms with E-state index in [4.69, 9.17) is 9.47 Å². The highest BCUT2D eigenvalue weighted by molar-refractivity contribution is 7.86. The molecule has 0 unspecified atom stereocenters. The number of benzene rings is 4. The standard InChI is InChI=1S/C39H37N9O15S4/c1-22-16-30(34(62-12-6-14-64(50,51)52)20-29(22)43-46-32-18-25(66(56,57)58)10-11-36(32)67(59,60)61)44-42-28-19-35(63-13-7-15-65(53,54)55)31(17-23(28)2)45-47-37-24(3)26(21-40)38-41-27-8-4-5-9-33(27)48(38)39(37)49/h4-5,8-11,16-20,49H,6-7,12-15H2,1-3H3,(H,50,51,52)(H,53,54,55)(H,56,57,58)(H,59,60,61). The van der Waals surface area contributed by atoms with Gasteiger partial charge in [0.25, 0.3) is 40.5 Å². The number of aromatic hydroxyl groups is 1. The zero-order chi connectivity index (χ0) is 49.1. The van der Waals surface area contributed by atoms with Gasteiger partial charge in [-0.2, -0.15) is 49.2 Å². The van der Waals surface area contributed by atoms with Gasteiger partial charge in [-0.25, -0.2) is 4.98 Å². The van der Waals surface area contributed by atoms with Gasteiger partial charge >= 0.3 is 0 Å². The van der Waals surface area contributed by atoms with Crippen LogP contribution in [-0.2, 0) is 40.5 Å². The molecule has 6 rings (SSSR count). The largest absolute Gasteiger partial charge is 0.493 e. The fourth-order valence-corrected chi connectivity index (χ4v) is 8.34. The van der Waals surface area contributed by atoms with Crippen LogP contribution in [0.25, 0.3) is 16.7 Å². The highest BCUT2D eigenvalue weighted by Gasteiger charge is 2.23. The predicted octanol–water partition coefficient (Wildman–Crippen LogP) is 8.04. The fourth-order valence-electron chi connectivity index (χ4n) is 6.27. The molecule has 0 saturated heterocycles. The first-order chi connectivity index (χ1) is 31.3. The molecule has 0 bridgehead atoms. The Labute approximate surface area is 382 Å². The quantitative estimate of drug-likeness (QED) is 0.0309. The molecule has 352 valence electrons. The molecule has 0 aliphatic carbocycles. The summed E-state index contributed by atoms with van der Waals surface area (Å²) in [4.78, 5) is 2.89. The average Bonchev–Trinajstić information content (AvgIpc) is 3.62. The predicted molar refractivity (Wildman–Crippen MR) is 238 cm³/mol. The average molecular weight is 1000 g/mol. The number of hydrogen-bond donors (Lipinski definition) is 5. The van der Waals surface area contributed by atoms with Crippen LogP contribution < -0.4 is 9.47 Å². The number of pyridine rings is 1. The molecule has 4 aromatic carbocycles. The van der Waals surface area contributed by atoms with Crippen LogP contribution >= 0.6 is 0 Å². The summed E-state index contributed by atoms with van der Waals surface area (Å²) in [7, 11) is -18.5. The van der Waals surface area contributed by atoms with E-state index in [2.05, 4.69) is 41.7 Å². The van der Waals surface area contributed by atoms with Crippen molar-refractivity contribution in [3.63, 3.8) is 0 Å². The summed E-state index contributed by atoms with van der Waals surface area (Å²) >= 11 is 0. The van der Waals surface area contributed by atoms with Crippen LogP contribution in [-0.4, -0.2) is 91.1 Å². The number of nitriles is 1. The summed E-state index contributed by atoms with van der Waals surface area (Å²) in [6.07, 6.45) is -0.351. The molecule has 6 aromatic rings. The lowest BCUT2D eigenvalue weighted by Crippen LogP contribution is -2.08.